The van der Waals surface area contributed by atoms with Crippen molar-refractivity contribution in [3.63, 3.8) is 0 Å². The highest BCUT2D eigenvalue weighted by atomic mass is 16.6. The van der Waals surface area contributed by atoms with Crippen LogP contribution < -0.4 is 31.3 Å². The van der Waals surface area contributed by atoms with Crippen molar-refractivity contribution in [3.05, 3.63) is 29.8 Å². The van der Waals surface area contributed by atoms with Gasteiger partial charge < -0.3 is 55.9 Å². The van der Waals surface area contributed by atoms with Crippen LogP contribution in [-0.2, 0) is 44.7 Å². The summed E-state index contributed by atoms with van der Waals surface area (Å²) in [6.45, 7) is 17.3. The number of aliphatic hydroxyl groups excluding tert-OH is 1. The Morgan fingerprint density at radius 2 is 1.48 bits per heavy atom. The monoisotopic (exact) mass is 877 g/mol. The summed E-state index contributed by atoms with van der Waals surface area (Å²) in [5.41, 5.74) is -0.125. The Morgan fingerprint density at radius 1 is 0.871 bits per heavy atom. The van der Waals surface area contributed by atoms with Gasteiger partial charge in [-0.1, -0.05) is 60.1 Å². The van der Waals surface area contributed by atoms with Crippen molar-refractivity contribution >= 4 is 41.7 Å². The van der Waals surface area contributed by atoms with E-state index in [-0.39, 0.29) is 25.3 Å². The van der Waals surface area contributed by atoms with Gasteiger partial charge in [-0.2, -0.15) is 0 Å². The van der Waals surface area contributed by atoms with E-state index in [0.717, 1.165) is 5.56 Å². The number of ether oxygens (including phenoxy) is 3. The van der Waals surface area contributed by atoms with Crippen molar-refractivity contribution < 1.29 is 58.0 Å². The van der Waals surface area contributed by atoms with E-state index in [0.29, 0.717) is 25.0 Å². The van der Waals surface area contributed by atoms with Crippen LogP contribution in [0.25, 0.3) is 0 Å². The van der Waals surface area contributed by atoms with Crippen LogP contribution in [0, 0.1) is 17.8 Å². The number of hydrogen-bond donors (Lipinski definition) is 7. The molecule has 7 N–H and O–H groups in total. The van der Waals surface area contributed by atoms with Gasteiger partial charge in [0, 0.05) is 6.54 Å². The first-order chi connectivity index (χ1) is 28.9. The van der Waals surface area contributed by atoms with Gasteiger partial charge in [0.25, 0.3) is 0 Å². The number of likely N-dealkylation sites (tertiary alicyclic amines) is 1. The number of alkyl carbamates (subject to hydrolysis) is 1. The molecule has 0 aliphatic carbocycles. The molecule has 18 heteroatoms. The summed E-state index contributed by atoms with van der Waals surface area (Å²) in [5, 5.41) is 34.8. The van der Waals surface area contributed by atoms with Gasteiger partial charge in [0.05, 0.1) is 25.7 Å². The average molecular weight is 877 g/mol. The largest absolute Gasteiger partial charge is 0.497 e. The minimum absolute atomic E-state index is 0.0330. The molecule has 0 spiro atoms. The van der Waals surface area contributed by atoms with E-state index in [1.54, 1.807) is 80.0 Å². The molecule has 0 radical (unpaired) electrons. The molecule has 350 valence electrons. The summed E-state index contributed by atoms with van der Waals surface area (Å²) in [6.07, 6.45) is -2.46. The van der Waals surface area contributed by atoms with Gasteiger partial charge in [0.1, 0.15) is 47.7 Å². The zero-order valence-corrected chi connectivity index (χ0v) is 38.5. The lowest BCUT2D eigenvalue weighted by molar-refractivity contribution is -0.153. The quantitative estimate of drug-likeness (QED) is 0.0783. The summed E-state index contributed by atoms with van der Waals surface area (Å²) in [5.74, 6) is -4.76. The number of carboxylic acids is 1. The van der Waals surface area contributed by atoms with Crippen LogP contribution in [0.15, 0.2) is 24.3 Å². The van der Waals surface area contributed by atoms with E-state index in [4.69, 9.17) is 14.2 Å². The molecular weight excluding hydrogens is 805 g/mol. The van der Waals surface area contributed by atoms with Crippen LogP contribution in [0.4, 0.5) is 4.79 Å². The molecule has 0 aromatic heterocycles. The van der Waals surface area contributed by atoms with Crippen LogP contribution in [0.3, 0.4) is 0 Å². The van der Waals surface area contributed by atoms with Gasteiger partial charge >= 0.3 is 18.0 Å². The number of nitrogens with zero attached hydrogens (tertiary/aromatic N) is 1. The normalized spacial score (nSPS) is 18.0. The molecule has 1 aromatic rings. The van der Waals surface area contributed by atoms with Gasteiger partial charge in [-0.25, -0.2) is 9.59 Å². The van der Waals surface area contributed by atoms with E-state index in [1.807, 2.05) is 20.8 Å². The fourth-order valence-corrected chi connectivity index (χ4v) is 7.12. The van der Waals surface area contributed by atoms with E-state index in [9.17, 15) is 43.8 Å². The summed E-state index contributed by atoms with van der Waals surface area (Å²) in [7, 11) is 3.13. The number of likely N-dealkylation sites (N-methyl/N-ethyl adjacent to an activating group) is 1. The maximum absolute atomic E-state index is 14.1. The molecule has 1 heterocycles. The molecule has 1 aromatic carbocycles. The molecule has 0 bridgehead atoms. The Bertz CT molecular complexity index is 1670. The van der Waals surface area contributed by atoms with Crippen molar-refractivity contribution in [2.75, 3.05) is 20.7 Å². The molecule has 18 nitrogen and oxygen atoms in total. The molecule has 9 atom stereocenters. The minimum atomic E-state index is -1.50. The number of amides is 5. The zero-order chi connectivity index (χ0) is 47.1. The average Bonchev–Trinajstić information content (AvgIpc) is 3.69. The second-order valence-electron chi connectivity index (χ2n) is 17.9. The highest BCUT2D eigenvalue weighted by Crippen LogP contribution is 2.22. The van der Waals surface area contributed by atoms with Gasteiger partial charge in [-0.15, -0.1) is 0 Å². The van der Waals surface area contributed by atoms with Crippen molar-refractivity contribution in [3.8, 4) is 5.75 Å². The fourth-order valence-electron chi connectivity index (χ4n) is 7.12. The summed E-state index contributed by atoms with van der Waals surface area (Å²) >= 11 is 0. The molecule has 1 aliphatic heterocycles. The Hall–Kier alpha value is -4.97. The van der Waals surface area contributed by atoms with E-state index in [2.05, 4.69) is 26.6 Å². The van der Waals surface area contributed by atoms with E-state index < -0.39 is 114 Å². The lowest BCUT2D eigenvalue weighted by atomic mass is 9.91. The SMILES string of the molecule is CC[C@H](C)[C@@H](NC(=O)[C@@H](NC(=O)OC(C)(C)C)[C@@H](C)OC(=O)[C@H](Cc1ccc(OC)cc1)NC)[C@@H](O)CC(=O)N[C@H](C(=O)N[C@@H](CC(C)C)C(=O)N1CCCC1C(=O)O)C(C)C. The number of hydrogen-bond acceptors (Lipinski definition) is 12. The minimum Gasteiger partial charge on any atom is -0.497 e. The Kier molecular flexibility index (Phi) is 21.1. The third-order valence-electron chi connectivity index (χ3n) is 10.7. The number of carbonyl (C=O) groups excluding carboxylic acids is 6. The molecule has 1 aliphatic rings. The predicted molar refractivity (Wildman–Crippen MR) is 231 cm³/mol. The number of benzene rings is 1. The molecule has 1 fully saturated rings. The molecular formula is C44H72N6O12. The van der Waals surface area contributed by atoms with Gasteiger partial charge in [0.15, 0.2) is 0 Å². The topological polar surface area (TPSA) is 251 Å². The van der Waals surface area contributed by atoms with Gasteiger partial charge in [0.2, 0.25) is 23.6 Å². The lowest BCUT2D eigenvalue weighted by Gasteiger charge is -2.33. The number of esters is 1. The van der Waals surface area contributed by atoms with Crippen molar-refractivity contribution in [2.45, 2.75) is 162 Å². The predicted octanol–water partition coefficient (Wildman–Crippen LogP) is 2.68. The first-order valence-electron chi connectivity index (χ1n) is 21.5. The third-order valence-corrected chi connectivity index (χ3v) is 10.7. The summed E-state index contributed by atoms with van der Waals surface area (Å²) < 4.78 is 16.4. The van der Waals surface area contributed by atoms with Crippen LogP contribution in [0.1, 0.15) is 107 Å². The Morgan fingerprint density at radius 3 is 2.00 bits per heavy atom. The number of carboxylic acid groups (broad SMARTS) is 1. The standard InChI is InChI=1S/C44H72N6O12/c1-13-26(6)36(33(51)23-34(52)47-35(25(4)5)38(53)46-30(21-24(2)3)40(55)50-20-14-15-32(50)41(56)57)48-39(54)37(49-43(59)62-44(8,9)10)27(7)61-42(58)31(45-11)22-28-16-18-29(60-12)19-17-28/h16-19,24-27,30-33,35-37,45,51H,13-15,20-23H2,1-12H3,(H,46,53)(H,47,52)(H,48,54)(H,49,59)(H,56,57)/t26-,27+,30-,31-,32?,33-,35-,36+,37-/m0/s1. The molecule has 62 heavy (non-hydrogen) atoms. The first-order valence-corrected chi connectivity index (χ1v) is 21.5. The fraction of sp³-hybridized carbons (Fsp3) is 0.705. The maximum Gasteiger partial charge on any atom is 0.408 e. The molecule has 1 saturated heterocycles. The number of nitrogens with one attached hydrogen (secondary N) is 5. The summed E-state index contributed by atoms with van der Waals surface area (Å²) in [4.78, 5) is 94.5. The number of aliphatic carboxylic acids is 1. The number of rotatable bonds is 23. The number of methoxy groups -OCH3 is 1. The Balaban J connectivity index is 2.27. The number of aliphatic hydroxyl groups is 1. The van der Waals surface area contributed by atoms with Crippen LogP contribution >= 0.6 is 0 Å². The van der Waals surface area contributed by atoms with Crippen molar-refractivity contribution in [1.29, 1.82) is 0 Å². The molecule has 0 saturated carbocycles. The molecule has 5 amide bonds. The zero-order valence-electron chi connectivity index (χ0n) is 38.5. The molecule has 1 unspecified atom stereocenters. The van der Waals surface area contributed by atoms with Crippen LogP contribution in [0.5, 0.6) is 5.75 Å². The summed E-state index contributed by atoms with van der Waals surface area (Å²) in [6, 6.07) is 0.610. The van der Waals surface area contributed by atoms with E-state index >= 15 is 0 Å². The van der Waals surface area contributed by atoms with Crippen molar-refractivity contribution in [1.82, 2.24) is 31.5 Å². The van der Waals surface area contributed by atoms with Gasteiger partial charge in [-0.05, 0) is 95.9 Å². The maximum atomic E-state index is 14.1. The second kappa shape index (κ2) is 24.6. The second-order valence-corrected chi connectivity index (χ2v) is 17.9. The van der Waals surface area contributed by atoms with Crippen LogP contribution in [-0.4, -0.2) is 132 Å². The lowest BCUT2D eigenvalue weighted by Crippen LogP contribution is -2.60. The van der Waals surface area contributed by atoms with Crippen LogP contribution in [0.2, 0.25) is 0 Å². The number of carbonyl (C=O) groups is 7. The highest BCUT2D eigenvalue weighted by molar-refractivity contribution is 5.94. The Labute approximate surface area is 366 Å². The highest BCUT2D eigenvalue weighted by Gasteiger charge is 2.40. The third kappa shape index (κ3) is 16.7. The molecule has 2 rings (SSSR count). The van der Waals surface area contributed by atoms with E-state index in [1.165, 1.54) is 11.8 Å². The van der Waals surface area contributed by atoms with Crippen molar-refractivity contribution in [2.24, 2.45) is 17.8 Å². The van der Waals surface area contributed by atoms with Gasteiger partial charge in [-0.3, -0.25) is 24.0 Å². The first kappa shape index (κ1) is 53.2. The smallest absolute Gasteiger partial charge is 0.408 e.